The first kappa shape index (κ1) is 22.8. The molecule has 1 N–H and O–H groups in total. The van der Waals surface area contributed by atoms with Gasteiger partial charge in [-0.1, -0.05) is 12.1 Å². The molecule has 166 valence electrons. The van der Waals surface area contributed by atoms with Gasteiger partial charge in [0.15, 0.2) is 0 Å². The maximum Gasteiger partial charge on any atom is 0.316 e. The van der Waals surface area contributed by atoms with Crippen LogP contribution >= 0.6 is 0 Å². The lowest BCUT2D eigenvalue weighted by Gasteiger charge is -2.18. The molecule has 0 spiro atoms. The standard InChI is InChI=1S/C22H26N2O6S/c1-4-30-21(26)22(13-14-22)16-5-7-17(8-6-16)23-20(25)15-24(2)31(27,28)19-11-9-18(29-3)10-12-19/h5-12H,4,13-15H2,1-3H3,(H,23,25). The van der Waals surface area contributed by atoms with Gasteiger partial charge >= 0.3 is 5.97 Å². The fourth-order valence-electron chi connectivity index (χ4n) is 3.29. The van der Waals surface area contributed by atoms with E-state index in [1.54, 1.807) is 43.3 Å². The van der Waals surface area contributed by atoms with E-state index in [1.807, 2.05) is 0 Å². The number of anilines is 1. The molecular formula is C22H26N2O6S. The van der Waals surface area contributed by atoms with Crippen LogP contribution in [0.15, 0.2) is 53.4 Å². The number of hydrogen-bond donors (Lipinski definition) is 1. The summed E-state index contributed by atoms with van der Waals surface area (Å²) in [5.41, 5.74) is 0.789. The summed E-state index contributed by atoms with van der Waals surface area (Å²) in [4.78, 5) is 24.6. The van der Waals surface area contributed by atoms with E-state index in [1.165, 1.54) is 26.3 Å². The van der Waals surface area contributed by atoms with Gasteiger partial charge in [-0.15, -0.1) is 0 Å². The Morgan fingerprint density at radius 3 is 2.19 bits per heavy atom. The van der Waals surface area contributed by atoms with Crippen molar-refractivity contribution in [3.8, 4) is 5.75 Å². The molecular weight excluding hydrogens is 420 g/mol. The summed E-state index contributed by atoms with van der Waals surface area (Å²) in [5.74, 6) is -0.158. The normalized spacial score (nSPS) is 14.7. The van der Waals surface area contributed by atoms with Gasteiger partial charge in [0, 0.05) is 12.7 Å². The summed E-state index contributed by atoms with van der Waals surface area (Å²) in [6.07, 6.45) is 1.48. The molecule has 3 rings (SSSR count). The number of sulfonamides is 1. The van der Waals surface area contributed by atoms with Crippen LogP contribution in [0.3, 0.4) is 0 Å². The van der Waals surface area contributed by atoms with Gasteiger partial charge in [-0.05, 0) is 61.7 Å². The zero-order chi connectivity index (χ0) is 22.6. The minimum absolute atomic E-state index is 0.0710. The smallest absolute Gasteiger partial charge is 0.316 e. The van der Waals surface area contributed by atoms with Crippen molar-refractivity contribution in [1.82, 2.24) is 4.31 Å². The van der Waals surface area contributed by atoms with Crippen LogP contribution in [-0.4, -0.2) is 51.9 Å². The highest BCUT2D eigenvalue weighted by Gasteiger charge is 2.52. The molecule has 1 aliphatic carbocycles. The van der Waals surface area contributed by atoms with Crippen LogP contribution in [0, 0.1) is 0 Å². The number of ether oxygens (including phenoxy) is 2. The Bertz CT molecular complexity index is 1040. The van der Waals surface area contributed by atoms with Crippen molar-refractivity contribution >= 4 is 27.6 Å². The summed E-state index contributed by atoms with van der Waals surface area (Å²) in [7, 11) is -0.979. The Labute approximate surface area is 182 Å². The van der Waals surface area contributed by atoms with E-state index < -0.39 is 21.3 Å². The van der Waals surface area contributed by atoms with Gasteiger partial charge in [-0.2, -0.15) is 4.31 Å². The molecule has 0 unspecified atom stereocenters. The van der Waals surface area contributed by atoms with Crippen LogP contribution < -0.4 is 10.1 Å². The quantitative estimate of drug-likeness (QED) is 0.594. The number of nitrogens with zero attached hydrogens (tertiary/aromatic N) is 1. The molecule has 0 saturated heterocycles. The molecule has 9 heteroatoms. The summed E-state index contributed by atoms with van der Waals surface area (Å²) < 4.78 is 36.5. The number of rotatable bonds is 9. The molecule has 2 aromatic carbocycles. The SMILES string of the molecule is CCOC(=O)C1(c2ccc(NC(=O)CN(C)S(=O)(=O)c3ccc(OC)cc3)cc2)CC1. The lowest BCUT2D eigenvalue weighted by Crippen LogP contribution is -2.35. The van der Waals surface area contributed by atoms with E-state index in [4.69, 9.17) is 9.47 Å². The van der Waals surface area contributed by atoms with Crippen molar-refractivity contribution in [2.24, 2.45) is 0 Å². The van der Waals surface area contributed by atoms with Gasteiger partial charge in [-0.25, -0.2) is 8.42 Å². The van der Waals surface area contributed by atoms with Crippen molar-refractivity contribution < 1.29 is 27.5 Å². The second kappa shape index (κ2) is 9.07. The van der Waals surface area contributed by atoms with Crippen LogP contribution in [0.1, 0.15) is 25.3 Å². The second-order valence-corrected chi connectivity index (χ2v) is 9.41. The van der Waals surface area contributed by atoms with Gasteiger partial charge in [0.2, 0.25) is 15.9 Å². The lowest BCUT2D eigenvalue weighted by molar-refractivity contribution is -0.146. The molecule has 1 saturated carbocycles. The number of hydrogen-bond acceptors (Lipinski definition) is 6. The van der Waals surface area contributed by atoms with Gasteiger partial charge in [0.1, 0.15) is 5.75 Å². The van der Waals surface area contributed by atoms with Crippen LogP contribution in [0.5, 0.6) is 5.75 Å². The first-order valence-corrected chi connectivity index (χ1v) is 11.3. The molecule has 1 aliphatic rings. The fourth-order valence-corrected chi connectivity index (χ4v) is 4.42. The molecule has 2 aromatic rings. The fraction of sp³-hybridized carbons (Fsp3) is 0.364. The van der Waals surface area contributed by atoms with E-state index in [0.29, 0.717) is 18.0 Å². The number of benzene rings is 2. The minimum atomic E-state index is -3.82. The molecule has 0 aromatic heterocycles. The van der Waals surface area contributed by atoms with Crippen LogP contribution in [0.25, 0.3) is 0 Å². The molecule has 1 fully saturated rings. The summed E-state index contributed by atoms with van der Waals surface area (Å²) in [5, 5.41) is 2.69. The maximum absolute atomic E-state index is 12.7. The molecule has 0 radical (unpaired) electrons. The maximum atomic E-state index is 12.7. The van der Waals surface area contributed by atoms with Crippen LogP contribution in [0.2, 0.25) is 0 Å². The Morgan fingerprint density at radius 1 is 1.06 bits per heavy atom. The average Bonchev–Trinajstić information content (AvgIpc) is 3.56. The highest BCUT2D eigenvalue weighted by Crippen LogP contribution is 2.49. The highest BCUT2D eigenvalue weighted by atomic mass is 32.2. The van der Waals surface area contributed by atoms with E-state index >= 15 is 0 Å². The third-order valence-corrected chi connectivity index (χ3v) is 7.09. The van der Waals surface area contributed by atoms with Gasteiger partial charge in [-0.3, -0.25) is 9.59 Å². The number of likely N-dealkylation sites (N-methyl/N-ethyl adjacent to an activating group) is 1. The number of carbonyl (C=O) groups is 2. The Morgan fingerprint density at radius 2 is 1.68 bits per heavy atom. The van der Waals surface area contributed by atoms with Crippen molar-refractivity contribution in [3.05, 3.63) is 54.1 Å². The number of amides is 1. The van der Waals surface area contributed by atoms with Crippen molar-refractivity contribution in [2.75, 3.05) is 32.6 Å². The van der Waals surface area contributed by atoms with Gasteiger partial charge < -0.3 is 14.8 Å². The third-order valence-electron chi connectivity index (χ3n) is 5.27. The van der Waals surface area contributed by atoms with E-state index in [9.17, 15) is 18.0 Å². The topological polar surface area (TPSA) is 102 Å². The predicted molar refractivity (Wildman–Crippen MR) is 115 cm³/mol. The molecule has 0 bridgehead atoms. The monoisotopic (exact) mass is 446 g/mol. The number of carbonyl (C=O) groups excluding carboxylic acids is 2. The highest BCUT2D eigenvalue weighted by molar-refractivity contribution is 7.89. The first-order chi connectivity index (χ1) is 14.7. The summed E-state index contributed by atoms with van der Waals surface area (Å²) >= 11 is 0. The van der Waals surface area contributed by atoms with Crippen LogP contribution in [-0.2, 0) is 29.8 Å². The molecule has 0 heterocycles. The first-order valence-electron chi connectivity index (χ1n) is 9.91. The number of nitrogens with one attached hydrogen (secondary N) is 1. The minimum Gasteiger partial charge on any atom is -0.497 e. The third kappa shape index (κ3) is 4.88. The molecule has 31 heavy (non-hydrogen) atoms. The lowest BCUT2D eigenvalue weighted by atomic mass is 9.96. The number of esters is 1. The molecule has 1 amide bonds. The van der Waals surface area contributed by atoms with Crippen molar-refractivity contribution in [1.29, 1.82) is 0 Å². The largest absolute Gasteiger partial charge is 0.497 e. The second-order valence-electron chi connectivity index (χ2n) is 7.36. The Hall–Kier alpha value is -2.91. The van der Waals surface area contributed by atoms with Crippen molar-refractivity contribution in [2.45, 2.75) is 30.1 Å². The zero-order valence-electron chi connectivity index (χ0n) is 17.8. The molecule has 8 nitrogen and oxygen atoms in total. The van der Waals surface area contributed by atoms with Gasteiger partial charge in [0.05, 0.1) is 30.6 Å². The predicted octanol–water partition coefficient (Wildman–Crippen LogP) is 2.55. The van der Waals surface area contributed by atoms with E-state index in [2.05, 4.69) is 5.32 Å². The zero-order valence-corrected chi connectivity index (χ0v) is 18.6. The summed E-state index contributed by atoms with van der Waals surface area (Å²) in [6.45, 7) is 1.77. The van der Waals surface area contributed by atoms with Crippen LogP contribution in [0.4, 0.5) is 5.69 Å². The number of methoxy groups -OCH3 is 1. The van der Waals surface area contributed by atoms with Crippen molar-refractivity contribution in [3.63, 3.8) is 0 Å². The molecule has 0 aliphatic heterocycles. The van der Waals surface area contributed by atoms with E-state index in [0.717, 1.165) is 22.7 Å². The van der Waals surface area contributed by atoms with E-state index in [-0.39, 0.29) is 17.4 Å². The average molecular weight is 447 g/mol. The van der Waals surface area contributed by atoms with Gasteiger partial charge in [0.25, 0.3) is 0 Å². The Balaban J connectivity index is 1.62. The summed E-state index contributed by atoms with van der Waals surface area (Å²) in [6, 6.07) is 12.9. The Kier molecular flexibility index (Phi) is 6.66. The molecule has 0 atom stereocenters.